The highest BCUT2D eigenvalue weighted by molar-refractivity contribution is 8.13. The zero-order valence-corrected chi connectivity index (χ0v) is 19.6. The van der Waals surface area contributed by atoms with Crippen molar-refractivity contribution in [3.63, 3.8) is 0 Å². The molecule has 3 rings (SSSR count). The summed E-state index contributed by atoms with van der Waals surface area (Å²) in [5.41, 5.74) is 15.7. The zero-order valence-electron chi connectivity index (χ0n) is 14.8. The number of halogens is 2. The first kappa shape index (κ1) is 24.3. The predicted molar refractivity (Wildman–Crippen MR) is 111 cm³/mol. The SMILES string of the molecule is NC(=[NH2+])Sc1cccc(-c2cccc(-c3cccc(SC(N)=[NH2+])c3)c2)c1.[Br-].[Br-]. The Bertz CT molecular complexity index is 905. The molecule has 8 heteroatoms. The molecule has 3 aromatic carbocycles. The number of hydrogen-bond acceptors (Lipinski definition) is 2. The Balaban J connectivity index is 0.00000196. The summed E-state index contributed by atoms with van der Waals surface area (Å²) in [4.78, 5) is 2.03. The summed E-state index contributed by atoms with van der Waals surface area (Å²) in [7, 11) is 0. The van der Waals surface area contributed by atoms with Gasteiger partial charge in [-0.3, -0.25) is 22.3 Å². The largest absolute Gasteiger partial charge is 1.00 e. The van der Waals surface area contributed by atoms with E-state index in [0.29, 0.717) is 10.3 Å². The summed E-state index contributed by atoms with van der Waals surface area (Å²) in [6.45, 7) is 0. The normalized spacial score (nSPS) is 9.71. The van der Waals surface area contributed by atoms with E-state index in [2.05, 4.69) is 48.5 Å². The van der Waals surface area contributed by atoms with Gasteiger partial charge in [-0.25, -0.2) is 0 Å². The lowest BCUT2D eigenvalue weighted by atomic mass is 9.99. The highest BCUT2D eigenvalue weighted by Gasteiger charge is 2.07. The average molecular weight is 540 g/mol. The summed E-state index contributed by atoms with van der Waals surface area (Å²) in [5.74, 6) is 0. The van der Waals surface area contributed by atoms with Gasteiger partial charge in [0, 0.05) is 9.79 Å². The third-order valence-corrected chi connectivity index (χ3v) is 5.12. The summed E-state index contributed by atoms with van der Waals surface area (Å²) < 4.78 is 0. The highest BCUT2D eigenvalue weighted by atomic mass is 79.9. The molecule has 0 aromatic heterocycles. The zero-order chi connectivity index (χ0) is 18.5. The van der Waals surface area contributed by atoms with E-state index >= 15 is 0 Å². The first-order chi connectivity index (χ1) is 12.5. The Morgan fingerprint density at radius 3 is 1.25 bits per heavy atom. The second-order valence-electron chi connectivity index (χ2n) is 5.65. The molecule has 0 aliphatic carbocycles. The minimum absolute atomic E-state index is 0. The fourth-order valence-corrected chi connectivity index (χ4v) is 3.84. The number of benzene rings is 3. The fraction of sp³-hybridized carbons (Fsp3) is 0. The van der Waals surface area contributed by atoms with Crippen LogP contribution < -0.4 is 56.2 Å². The molecular weight excluding hydrogens is 520 g/mol. The molecule has 0 heterocycles. The summed E-state index contributed by atoms with van der Waals surface area (Å²) in [6, 6.07) is 24.7. The van der Waals surface area contributed by atoms with Crippen LogP contribution in [0.2, 0.25) is 0 Å². The van der Waals surface area contributed by atoms with Crippen molar-refractivity contribution in [2.75, 3.05) is 0 Å². The molecule has 0 saturated carbocycles. The third-order valence-electron chi connectivity index (χ3n) is 3.67. The second kappa shape index (κ2) is 11.3. The van der Waals surface area contributed by atoms with Crippen LogP contribution in [0.3, 0.4) is 0 Å². The van der Waals surface area contributed by atoms with Crippen molar-refractivity contribution < 1.29 is 44.8 Å². The van der Waals surface area contributed by atoms with Gasteiger partial charge in [0.05, 0.1) is 0 Å². The monoisotopic (exact) mass is 538 g/mol. The number of nitrogens with two attached hydrogens (primary N) is 4. The quantitative estimate of drug-likeness (QED) is 0.152. The fourth-order valence-electron chi connectivity index (χ4n) is 2.63. The first-order valence-electron chi connectivity index (χ1n) is 7.94. The van der Waals surface area contributed by atoms with E-state index in [0.717, 1.165) is 32.0 Å². The first-order valence-corrected chi connectivity index (χ1v) is 9.57. The van der Waals surface area contributed by atoms with Crippen molar-refractivity contribution in [3.8, 4) is 22.3 Å². The molecule has 0 atom stereocenters. The standard InChI is InChI=1S/C20H18N4S2.2BrH/c21-19(22)25-17-8-2-6-15(11-17)13-4-1-5-14(10-13)16-7-3-9-18(12-16)26-20(23)24;;/h1-12H,(H3,21,22)(H3,23,24);2*1H. The Hall–Kier alpha value is -1.74. The molecule has 3 aromatic rings. The van der Waals surface area contributed by atoms with Crippen molar-refractivity contribution in [2.24, 2.45) is 11.5 Å². The van der Waals surface area contributed by atoms with Crippen molar-refractivity contribution >= 4 is 33.9 Å². The van der Waals surface area contributed by atoms with Gasteiger partial charge in [0.15, 0.2) is 0 Å². The van der Waals surface area contributed by atoms with Gasteiger partial charge in [0.2, 0.25) is 0 Å². The average Bonchev–Trinajstić information content (AvgIpc) is 2.61. The van der Waals surface area contributed by atoms with Crippen LogP contribution in [0.5, 0.6) is 0 Å². The van der Waals surface area contributed by atoms with Crippen LogP contribution in [0.4, 0.5) is 0 Å². The molecule has 8 N–H and O–H groups in total. The molecule has 0 saturated heterocycles. The molecule has 0 aliphatic rings. The van der Waals surface area contributed by atoms with E-state index in [-0.39, 0.29) is 34.0 Å². The maximum Gasteiger partial charge on any atom is 0.304 e. The van der Waals surface area contributed by atoms with E-state index < -0.39 is 0 Å². The number of hydrogen-bond donors (Lipinski definition) is 4. The van der Waals surface area contributed by atoms with Gasteiger partial charge in [-0.05, 0) is 76.1 Å². The maximum atomic E-state index is 5.60. The van der Waals surface area contributed by atoms with Crippen molar-refractivity contribution in [1.82, 2.24) is 0 Å². The van der Waals surface area contributed by atoms with Gasteiger partial charge < -0.3 is 34.0 Å². The molecule has 0 unspecified atom stereocenters. The molecule has 146 valence electrons. The Labute approximate surface area is 194 Å². The van der Waals surface area contributed by atoms with Gasteiger partial charge in [0.1, 0.15) is 0 Å². The van der Waals surface area contributed by atoms with Gasteiger partial charge in [0.25, 0.3) is 0 Å². The summed E-state index contributed by atoms with van der Waals surface area (Å²) in [5, 5.41) is 11.9. The van der Waals surface area contributed by atoms with Crippen molar-refractivity contribution in [1.29, 1.82) is 0 Å². The van der Waals surface area contributed by atoms with Crippen LogP contribution >= 0.6 is 23.5 Å². The highest BCUT2D eigenvalue weighted by Crippen LogP contribution is 2.30. The summed E-state index contributed by atoms with van der Waals surface area (Å²) in [6.07, 6.45) is 0. The van der Waals surface area contributed by atoms with Crippen LogP contribution in [-0.2, 0) is 0 Å². The Morgan fingerprint density at radius 1 is 0.571 bits per heavy atom. The number of rotatable bonds is 4. The van der Waals surface area contributed by atoms with Crippen molar-refractivity contribution in [2.45, 2.75) is 9.79 Å². The van der Waals surface area contributed by atoms with Gasteiger partial charge in [-0.2, -0.15) is 0 Å². The third kappa shape index (κ3) is 6.70. The lowest BCUT2D eigenvalue weighted by Gasteiger charge is -2.08. The second-order valence-corrected chi connectivity index (χ2v) is 7.94. The Morgan fingerprint density at radius 2 is 0.893 bits per heavy atom. The van der Waals surface area contributed by atoms with E-state index in [1.54, 1.807) is 0 Å². The van der Waals surface area contributed by atoms with E-state index in [1.807, 2.05) is 24.3 Å². The molecule has 28 heavy (non-hydrogen) atoms. The molecule has 0 radical (unpaired) electrons. The van der Waals surface area contributed by atoms with E-state index in [1.165, 1.54) is 23.5 Å². The summed E-state index contributed by atoms with van der Waals surface area (Å²) >= 11 is 2.72. The van der Waals surface area contributed by atoms with Crippen LogP contribution in [0.25, 0.3) is 22.3 Å². The molecular formula is C20H20Br2N4S2. The minimum atomic E-state index is 0. The maximum absolute atomic E-state index is 5.60. The lowest BCUT2D eigenvalue weighted by molar-refractivity contribution is -0.110. The van der Waals surface area contributed by atoms with E-state index in [4.69, 9.17) is 22.3 Å². The van der Waals surface area contributed by atoms with Crippen LogP contribution in [-0.4, -0.2) is 10.3 Å². The molecule has 0 amide bonds. The van der Waals surface area contributed by atoms with E-state index in [9.17, 15) is 0 Å². The number of amidine groups is 2. The molecule has 0 bridgehead atoms. The van der Waals surface area contributed by atoms with Gasteiger partial charge in [-0.1, -0.05) is 42.5 Å². The smallest absolute Gasteiger partial charge is 0.304 e. The topological polar surface area (TPSA) is 103 Å². The number of thioether (sulfide) groups is 2. The van der Waals surface area contributed by atoms with Crippen LogP contribution in [0.15, 0.2) is 82.6 Å². The lowest BCUT2D eigenvalue weighted by Crippen LogP contribution is -3.00. The molecule has 0 aliphatic heterocycles. The Kier molecular flexibility index (Phi) is 9.81. The molecule has 0 fully saturated rings. The predicted octanol–water partition coefficient (Wildman–Crippen LogP) is -4.64. The molecule has 0 spiro atoms. The van der Waals surface area contributed by atoms with Gasteiger partial charge in [-0.15, -0.1) is 0 Å². The van der Waals surface area contributed by atoms with Gasteiger partial charge >= 0.3 is 10.3 Å². The van der Waals surface area contributed by atoms with Crippen LogP contribution in [0.1, 0.15) is 0 Å². The van der Waals surface area contributed by atoms with Crippen molar-refractivity contribution in [3.05, 3.63) is 72.8 Å². The molecule has 4 nitrogen and oxygen atoms in total. The van der Waals surface area contributed by atoms with Crippen LogP contribution in [0, 0.1) is 0 Å². The minimum Gasteiger partial charge on any atom is -1.00 e.